The fraction of sp³-hybridized carbons (Fsp3) is 0.296. The van der Waals surface area contributed by atoms with E-state index in [9.17, 15) is 15.4 Å². The van der Waals surface area contributed by atoms with E-state index in [2.05, 4.69) is 25.7 Å². The Balaban J connectivity index is 2.13. The molecule has 0 aromatic heterocycles. The summed E-state index contributed by atoms with van der Waals surface area (Å²) in [6.45, 7) is 8.53. The number of nitro benzene ring substituents is 1. The highest BCUT2D eigenvalue weighted by Crippen LogP contribution is 2.41. The summed E-state index contributed by atoms with van der Waals surface area (Å²) in [5.74, 6) is 0. The lowest BCUT2D eigenvalue weighted by Crippen LogP contribution is -2.52. The van der Waals surface area contributed by atoms with Gasteiger partial charge in [-0.15, -0.1) is 0 Å². The topological polar surface area (TPSA) is 85.4 Å². The number of hydrogen-bond acceptors (Lipinski definition) is 5. The van der Waals surface area contributed by atoms with Crippen LogP contribution < -0.4 is 0 Å². The van der Waals surface area contributed by atoms with Crippen LogP contribution in [0, 0.1) is 21.4 Å². The molecule has 3 rings (SSSR count). The van der Waals surface area contributed by atoms with Gasteiger partial charge in [-0.1, -0.05) is 72.8 Å². The minimum Gasteiger partial charge on any atom is -0.410 e. The molecule has 0 fully saturated rings. The lowest BCUT2D eigenvalue weighted by molar-refractivity contribution is -0.384. The van der Waals surface area contributed by atoms with Crippen molar-refractivity contribution in [3.63, 3.8) is 0 Å². The van der Waals surface area contributed by atoms with Crippen molar-refractivity contribution in [3.05, 3.63) is 112 Å². The Kier molecular flexibility index (Phi) is 8.00. The summed E-state index contributed by atoms with van der Waals surface area (Å²) >= 11 is 0. The van der Waals surface area contributed by atoms with Crippen LogP contribution >= 0.6 is 0 Å². The highest BCUT2D eigenvalue weighted by Gasteiger charge is 2.48. The minimum absolute atomic E-state index is 0.0281. The fourth-order valence-corrected chi connectivity index (χ4v) is 5.17. The lowest BCUT2D eigenvalue weighted by atomic mass is 9.70. The molecule has 3 atom stereocenters. The highest BCUT2D eigenvalue weighted by atomic mass is 28.4. The Morgan fingerprint density at radius 3 is 1.97 bits per heavy atom. The number of nitrogens with zero attached hydrogens (tertiary/aromatic N) is 2. The van der Waals surface area contributed by atoms with Crippen LogP contribution in [0.1, 0.15) is 23.6 Å². The van der Waals surface area contributed by atoms with Crippen LogP contribution in [-0.4, -0.2) is 25.4 Å². The van der Waals surface area contributed by atoms with Crippen LogP contribution in [0.3, 0.4) is 0 Å². The molecule has 176 valence electrons. The molecular formula is C27H30N2O4Si. The molecule has 0 saturated carbocycles. The van der Waals surface area contributed by atoms with Crippen LogP contribution in [0.4, 0.5) is 5.69 Å². The third kappa shape index (κ3) is 5.78. The van der Waals surface area contributed by atoms with Gasteiger partial charge in [-0.2, -0.15) is 5.26 Å². The van der Waals surface area contributed by atoms with Crippen molar-refractivity contribution in [3.8, 4) is 6.07 Å². The van der Waals surface area contributed by atoms with E-state index in [1.165, 1.54) is 12.1 Å². The monoisotopic (exact) mass is 474 g/mol. The van der Waals surface area contributed by atoms with Gasteiger partial charge < -0.3 is 9.16 Å². The predicted octanol–water partition coefficient (Wildman–Crippen LogP) is 6.23. The molecule has 3 aromatic carbocycles. The molecule has 7 heteroatoms. The van der Waals surface area contributed by atoms with E-state index in [0.29, 0.717) is 12.2 Å². The minimum atomic E-state index is -2.15. The first-order valence-electron chi connectivity index (χ1n) is 11.2. The standard InChI is InChI=1S/C27H30N2O4Si/c1-21(32-19-22-11-7-5-8-12-22)26(33-34(2,3)4)27(20-28,23-13-9-6-10-14-23)24-15-17-25(18-16-24)29(30)31/h5-18,21,26H,19H2,1-4H3/t21-,26+,27-/m0/s1. The lowest BCUT2D eigenvalue weighted by Gasteiger charge is -2.42. The molecule has 0 spiro atoms. The third-order valence-electron chi connectivity index (χ3n) is 5.63. The Morgan fingerprint density at radius 2 is 1.47 bits per heavy atom. The predicted molar refractivity (Wildman–Crippen MR) is 135 cm³/mol. The fourth-order valence-electron chi connectivity index (χ4n) is 4.04. The second-order valence-electron chi connectivity index (χ2n) is 9.24. The number of nitriles is 1. The van der Waals surface area contributed by atoms with E-state index < -0.39 is 30.9 Å². The van der Waals surface area contributed by atoms with Gasteiger partial charge in [0.05, 0.1) is 29.8 Å². The average molecular weight is 475 g/mol. The van der Waals surface area contributed by atoms with Crippen LogP contribution in [0.15, 0.2) is 84.9 Å². The maximum Gasteiger partial charge on any atom is 0.269 e. The van der Waals surface area contributed by atoms with Crippen molar-refractivity contribution in [2.45, 2.75) is 50.8 Å². The summed E-state index contributed by atoms with van der Waals surface area (Å²) in [5.41, 5.74) is 1.15. The SMILES string of the molecule is C[C@H](OCc1ccccc1)[C@@H](O[Si](C)(C)C)[C@@](C#N)(c1ccccc1)c1ccc([N+](=O)[O-])cc1. The summed E-state index contributed by atoms with van der Waals surface area (Å²) in [5, 5.41) is 22.0. The summed E-state index contributed by atoms with van der Waals surface area (Å²) in [7, 11) is -2.15. The van der Waals surface area contributed by atoms with Crippen molar-refractivity contribution in [1.29, 1.82) is 5.26 Å². The first kappa shape index (κ1) is 25.3. The summed E-state index contributed by atoms with van der Waals surface area (Å²) in [4.78, 5) is 10.8. The molecule has 0 amide bonds. The van der Waals surface area contributed by atoms with Gasteiger partial charge in [-0.05, 0) is 43.3 Å². The molecule has 0 saturated heterocycles. The largest absolute Gasteiger partial charge is 0.410 e. The molecule has 34 heavy (non-hydrogen) atoms. The van der Waals surface area contributed by atoms with Gasteiger partial charge in [0.1, 0.15) is 5.41 Å². The van der Waals surface area contributed by atoms with E-state index in [1.54, 1.807) is 12.1 Å². The number of non-ortho nitro benzene ring substituents is 1. The van der Waals surface area contributed by atoms with Gasteiger partial charge in [0.2, 0.25) is 0 Å². The first-order valence-corrected chi connectivity index (χ1v) is 14.6. The second kappa shape index (κ2) is 10.7. The Morgan fingerprint density at radius 1 is 0.941 bits per heavy atom. The van der Waals surface area contributed by atoms with Crippen LogP contribution in [-0.2, 0) is 21.2 Å². The van der Waals surface area contributed by atoms with Gasteiger partial charge in [-0.25, -0.2) is 0 Å². The van der Waals surface area contributed by atoms with Crippen molar-refractivity contribution >= 4 is 14.0 Å². The molecule has 0 aliphatic heterocycles. The van der Waals surface area contributed by atoms with E-state index in [1.807, 2.05) is 67.6 Å². The summed E-state index contributed by atoms with van der Waals surface area (Å²) in [6.07, 6.45) is -1.08. The van der Waals surface area contributed by atoms with Crippen LogP contribution in [0.5, 0.6) is 0 Å². The number of benzene rings is 3. The zero-order valence-electron chi connectivity index (χ0n) is 20.0. The van der Waals surface area contributed by atoms with E-state index in [4.69, 9.17) is 9.16 Å². The molecule has 0 N–H and O–H groups in total. The van der Waals surface area contributed by atoms with Crippen molar-refractivity contribution in [1.82, 2.24) is 0 Å². The van der Waals surface area contributed by atoms with E-state index >= 15 is 0 Å². The van der Waals surface area contributed by atoms with Gasteiger partial charge in [0.25, 0.3) is 5.69 Å². The average Bonchev–Trinajstić information content (AvgIpc) is 2.83. The number of nitro groups is 1. The molecule has 0 aliphatic rings. The summed E-state index contributed by atoms with van der Waals surface area (Å²) < 4.78 is 13.0. The van der Waals surface area contributed by atoms with Gasteiger partial charge in [-0.3, -0.25) is 10.1 Å². The molecule has 0 unspecified atom stereocenters. The van der Waals surface area contributed by atoms with Crippen molar-refractivity contribution in [2.75, 3.05) is 0 Å². The zero-order chi connectivity index (χ0) is 24.8. The maximum atomic E-state index is 11.3. The number of rotatable bonds is 10. The molecular weight excluding hydrogens is 444 g/mol. The molecule has 0 bridgehead atoms. The molecule has 3 aromatic rings. The molecule has 0 aliphatic carbocycles. The maximum absolute atomic E-state index is 11.3. The zero-order valence-corrected chi connectivity index (χ0v) is 21.0. The second-order valence-corrected chi connectivity index (χ2v) is 13.7. The number of ether oxygens (including phenoxy) is 1. The highest BCUT2D eigenvalue weighted by molar-refractivity contribution is 6.69. The van der Waals surface area contributed by atoms with E-state index in [0.717, 1.165) is 11.1 Å². The smallest absolute Gasteiger partial charge is 0.269 e. The Hall–Kier alpha value is -3.31. The number of hydrogen-bond donors (Lipinski definition) is 0. The molecule has 0 radical (unpaired) electrons. The van der Waals surface area contributed by atoms with Gasteiger partial charge >= 0.3 is 0 Å². The molecule has 0 heterocycles. The Bertz CT molecular complexity index is 1130. The first-order chi connectivity index (χ1) is 16.2. The quantitative estimate of drug-likeness (QED) is 0.197. The van der Waals surface area contributed by atoms with Gasteiger partial charge in [0, 0.05) is 12.1 Å². The normalized spacial score (nSPS) is 15.0. The van der Waals surface area contributed by atoms with E-state index in [-0.39, 0.29) is 5.69 Å². The third-order valence-corrected chi connectivity index (χ3v) is 6.59. The van der Waals surface area contributed by atoms with Crippen LogP contribution in [0.2, 0.25) is 19.6 Å². The van der Waals surface area contributed by atoms with Crippen LogP contribution in [0.25, 0.3) is 0 Å². The summed E-state index contributed by atoms with van der Waals surface area (Å²) in [6, 6.07) is 28.0. The molecule has 6 nitrogen and oxygen atoms in total. The van der Waals surface area contributed by atoms with Crippen molar-refractivity contribution < 1.29 is 14.1 Å². The Labute approximate surface area is 202 Å². The van der Waals surface area contributed by atoms with Gasteiger partial charge in [0.15, 0.2) is 8.32 Å². The van der Waals surface area contributed by atoms with Crippen molar-refractivity contribution in [2.24, 2.45) is 0 Å².